The van der Waals surface area contributed by atoms with E-state index < -0.39 is 0 Å². The molecule has 1 aliphatic carbocycles. The molecule has 1 amide bonds. The van der Waals surface area contributed by atoms with Gasteiger partial charge >= 0.3 is 6.09 Å². The number of ether oxygens (including phenoxy) is 1. The van der Waals surface area contributed by atoms with Crippen molar-refractivity contribution in [3.63, 3.8) is 0 Å². The highest BCUT2D eigenvalue weighted by atomic mass is 16.5. The molecule has 0 aromatic heterocycles. The van der Waals surface area contributed by atoms with Crippen LogP contribution in [0.3, 0.4) is 0 Å². The number of hydrogen-bond acceptors (Lipinski definition) is 3. The molecule has 2 atom stereocenters. The summed E-state index contributed by atoms with van der Waals surface area (Å²) < 4.78 is 4.71. The molecule has 0 aromatic carbocycles. The lowest BCUT2D eigenvalue weighted by Crippen LogP contribution is -2.50. The fraction of sp³-hybridized carbons (Fsp3) is 0.800. The van der Waals surface area contributed by atoms with Crippen molar-refractivity contribution in [2.75, 3.05) is 13.7 Å². The molecule has 0 aromatic rings. The summed E-state index contributed by atoms with van der Waals surface area (Å²) in [5, 5.41) is 0. The van der Waals surface area contributed by atoms with Gasteiger partial charge in [-0.2, -0.15) is 0 Å². The van der Waals surface area contributed by atoms with E-state index in [4.69, 9.17) is 4.74 Å². The summed E-state index contributed by atoms with van der Waals surface area (Å²) >= 11 is 0. The van der Waals surface area contributed by atoms with Gasteiger partial charge in [0.1, 0.15) is 5.78 Å². The smallest absolute Gasteiger partial charge is 0.409 e. The zero-order valence-electron chi connectivity index (χ0n) is 8.36. The molecule has 1 aliphatic heterocycles. The molecule has 78 valence electrons. The number of carbonyl (C=O) groups excluding carboxylic acids is 2. The van der Waals surface area contributed by atoms with E-state index in [2.05, 4.69) is 0 Å². The van der Waals surface area contributed by atoms with E-state index >= 15 is 0 Å². The van der Waals surface area contributed by atoms with Crippen molar-refractivity contribution < 1.29 is 14.3 Å². The van der Waals surface area contributed by atoms with E-state index in [9.17, 15) is 9.59 Å². The van der Waals surface area contributed by atoms with Crippen molar-refractivity contribution in [2.24, 2.45) is 5.92 Å². The van der Waals surface area contributed by atoms with Crippen LogP contribution in [-0.4, -0.2) is 36.5 Å². The third kappa shape index (κ3) is 1.49. The summed E-state index contributed by atoms with van der Waals surface area (Å²) in [7, 11) is 1.41. The van der Waals surface area contributed by atoms with Crippen LogP contribution in [0.2, 0.25) is 0 Å². The summed E-state index contributed by atoms with van der Waals surface area (Å²) in [4.78, 5) is 24.6. The SMILES string of the molecule is COC(=O)N1CC[C@@H]2C[C@H]1CCC2=O. The zero-order valence-corrected chi connectivity index (χ0v) is 8.36. The monoisotopic (exact) mass is 197 g/mol. The maximum atomic E-state index is 11.4. The van der Waals surface area contributed by atoms with Crippen molar-refractivity contribution in [3.8, 4) is 0 Å². The molecule has 1 heterocycles. The van der Waals surface area contributed by atoms with Crippen molar-refractivity contribution in [1.82, 2.24) is 4.90 Å². The third-order valence-electron chi connectivity index (χ3n) is 3.30. The quantitative estimate of drug-likeness (QED) is 0.586. The molecule has 0 N–H and O–H groups in total. The first kappa shape index (κ1) is 9.49. The average molecular weight is 197 g/mol. The Kier molecular flexibility index (Phi) is 2.44. The van der Waals surface area contributed by atoms with E-state index in [0.29, 0.717) is 18.7 Å². The number of methoxy groups -OCH3 is 1. The Labute approximate surface area is 83.2 Å². The minimum absolute atomic E-state index is 0.203. The number of fused-ring (bicyclic) bond motifs is 2. The molecule has 2 bridgehead atoms. The van der Waals surface area contributed by atoms with Crippen LogP contribution in [0.15, 0.2) is 0 Å². The normalized spacial score (nSPS) is 31.5. The number of rotatable bonds is 0. The number of piperidine rings is 1. The Morgan fingerprint density at radius 1 is 1.50 bits per heavy atom. The second kappa shape index (κ2) is 3.59. The van der Waals surface area contributed by atoms with Crippen LogP contribution in [0.25, 0.3) is 0 Å². The number of nitrogens with zero attached hydrogens (tertiary/aromatic N) is 1. The molecule has 4 nitrogen and oxygen atoms in total. The minimum atomic E-state index is -0.247. The first-order valence-corrected chi connectivity index (χ1v) is 5.09. The minimum Gasteiger partial charge on any atom is -0.453 e. The highest BCUT2D eigenvalue weighted by Gasteiger charge is 2.38. The molecule has 14 heavy (non-hydrogen) atoms. The van der Waals surface area contributed by atoms with Crippen molar-refractivity contribution in [2.45, 2.75) is 31.7 Å². The van der Waals surface area contributed by atoms with Crippen LogP contribution >= 0.6 is 0 Å². The summed E-state index contributed by atoms with van der Waals surface area (Å²) in [5.74, 6) is 0.584. The molecule has 0 spiro atoms. The standard InChI is InChI=1S/C10H15NO3/c1-14-10(13)11-5-4-7-6-8(11)2-3-9(7)12/h7-8H,2-6H2,1H3/t7-,8-/m1/s1. The predicted octanol–water partition coefficient (Wildman–Crippen LogP) is 1.20. The number of likely N-dealkylation sites (tertiary alicyclic amines) is 1. The van der Waals surface area contributed by atoms with Crippen molar-refractivity contribution in [3.05, 3.63) is 0 Å². The highest BCUT2D eigenvalue weighted by molar-refractivity contribution is 5.82. The van der Waals surface area contributed by atoms with Gasteiger partial charge in [0, 0.05) is 24.9 Å². The summed E-state index contributed by atoms with van der Waals surface area (Å²) in [5.41, 5.74) is 0. The van der Waals surface area contributed by atoms with E-state index in [-0.39, 0.29) is 18.1 Å². The molecule has 4 heteroatoms. The third-order valence-corrected chi connectivity index (χ3v) is 3.30. The Bertz CT molecular complexity index is 264. The van der Waals surface area contributed by atoms with Gasteiger partial charge in [-0.3, -0.25) is 4.79 Å². The van der Waals surface area contributed by atoms with Crippen LogP contribution < -0.4 is 0 Å². The van der Waals surface area contributed by atoms with Gasteiger partial charge < -0.3 is 9.64 Å². The molecule has 2 rings (SSSR count). The fourth-order valence-corrected chi connectivity index (χ4v) is 2.49. The lowest BCUT2D eigenvalue weighted by Gasteiger charge is -2.41. The Hall–Kier alpha value is -1.06. The maximum absolute atomic E-state index is 11.4. The van der Waals surface area contributed by atoms with E-state index in [0.717, 1.165) is 19.3 Å². The largest absolute Gasteiger partial charge is 0.453 e. The van der Waals surface area contributed by atoms with Gasteiger partial charge in [0.15, 0.2) is 0 Å². The van der Waals surface area contributed by atoms with E-state index in [1.807, 2.05) is 0 Å². The molecular weight excluding hydrogens is 182 g/mol. The van der Waals surface area contributed by atoms with Gasteiger partial charge in [-0.25, -0.2) is 4.79 Å². The zero-order chi connectivity index (χ0) is 10.1. The van der Waals surface area contributed by atoms with Crippen LogP contribution in [0.5, 0.6) is 0 Å². The van der Waals surface area contributed by atoms with Gasteiger partial charge in [0.25, 0.3) is 0 Å². The molecule has 0 unspecified atom stereocenters. The Morgan fingerprint density at radius 3 is 3.00 bits per heavy atom. The predicted molar refractivity (Wildman–Crippen MR) is 49.9 cm³/mol. The van der Waals surface area contributed by atoms with Crippen LogP contribution in [0.4, 0.5) is 4.79 Å². The second-order valence-corrected chi connectivity index (χ2v) is 4.04. The summed E-state index contributed by atoms with van der Waals surface area (Å²) in [6, 6.07) is 0.235. The topological polar surface area (TPSA) is 46.6 Å². The first-order valence-electron chi connectivity index (χ1n) is 5.09. The number of Topliss-reactive ketones (excluding diaryl/α,β-unsaturated/α-hetero) is 1. The number of amides is 1. The van der Waals surface area contributed by atoms with Crippen molar-refractivity contribution >= 4 is 11.9 Å². The summed E-state index contributed by atoms with van der Waals surface area (Å²) in [6.07, 6.45) is 2.84. The lowest BCUT2D eigenvalue weighted by molar-refractivity contribution is -0.128. The highest BCUT2D eigenvalue weighted by Crippen LogP contribution is 2.32. The molecule has 2 aliphatic rings. The van der Waals surface area contributed by atoms with Gasteiger partial charge in [-0.15, -0.1) is 0 Å². The molecule has 0 radical (unpaired) electrons. The van der Waals surface area contributed by atoms with Gasteiger partial charge in [-0.05, 0) is 19.3 Å². The molecule has 2 fully saturated rings. The Balaban J connectivity index is 2.05. The number of carbonyl (C=O) groups is 2. The molecule has 1 saturated heterocycles. The van der Waals surface area contributed by atoms with Gasteiger partial charge in [0.2, 0.25) is 0 Å². The van der Waals surface area contributed by atoms with E-state index in [1.165, 1.54) is 7.11 Å². The van der Waals surface area contributed by atoms with Crippen molar-refractivity contribution in [1.29, 1.82) is 0 Å². The van der Waals surface area contributed by atoms with Crippen LogP contribution in [-0.2, 0) is 9.53 Å². The fourth-order valence-electron chi connectivity index (χ4n) is 2.49. The molecule has 1 saturated carbocycles. The number of hydrogen-bond donors (Lipinski definition) is 0. The summed E-state index contributed by atoms with van der Waals surface area (Å²) in [6.45, 7) is 0.674. The lowest BCUT2D eigenvalue weighted by atomic mass is 9.79. The van der Waals surface area contributed by atoms with E-state index in [1.54, 1.807) is 4.90 Å². The number of ketones is 1. The maximum Gasteiger partial charge on any atom is 0.409 e. The van der Waals surface area contributed by atoms with Gasteiger partial charge in [-0.1, -0.05) is 0 Å². The second-order valence-electron chi connectivity index (χ2n) is 4.04. The average Bonchev–Trinajstić information content (AvgIpc) is 2.23. The van der Waals surface area contributed by atoms with Crippen LogP contribution in [0.1, 0.15) is 25.7 Å². The van der Waals surface area contributed by atoms with Crippen LogP contribution in [0, 0.1) is 5.92 Å². The Morgan fingerprint density at radius 2 is 2.29 bits per heavy atom. The first-order chi connectivity index (χ1) is 6.72. The van der Waals surface area contributed by atoms with Gasteiger partial charge in [0.05, 0.1) is 7.11 Å². The molecular formula is C10H15NO3.